The van der Waals surface area contributed by atoms with Crippen molar-refractivity contribution >= 4 is 23.6 Å². The average Bonchev–Trinajstić information content (AvgIpc) is 2.51. The van der Waals surface area contributed by atoms with Gasteiger partial charge in [-0.1, -0.05) is 0 Å². The molecule has 0 aliphatic heterocycles. The van der Waals surface area contributed by atoms with Gasteiger partial charge in [-0.15, -0.1) is 11.8 Å². The van der Waals surface area contributed by atoms with Crippen LogP contribution >= 0.6 is 11.8 Å². The smallest absolute Gasteiger partial charge is 0.243 e. The van der Waals surface area contributed by atoms with Gasteiger partial charge in [0.25, 0.3) is 0 Å². The summed E-state index contributed by atoms with van der Waals surface area (Å²) >= 11 is 1.52. The van der Waals surface area contributed by atoms with Crippen LogP contribution in [0.2, 0.25) is 0 Å². The molecule has 128 valence electrons. The van der Waals surface area contributed by atoms with Crippen molar-refractivity contribution < 1.29 is 14.3 Å². The largest absolute Gasteiger partial charge is 0.497 e. The van der Waals surface area contributed by atoms with Crippen LogP contribution in [-0.2, 0) is 9.59 Å². The van der Waals surface area contributed by atoms with E-state index in [2.05, 4.69) is 10.6 Å². The highest BCUT2D eigenvalue weighted by atomic mass is 32.2. The summed E-state index contributed by atoms with van der Waals surface area (Å²) in [6.07, 6.45) is 0. The number of rotatable bonds is 9. The Morgan fingerprint density at radius 1 is 1.26 bits per heavy atom. The first-order chi connectivity index (χ1) is 10.9. The summed E-state index contributed by atoms with van der Waals surface area (Å²) in [5, 5.41) is 5.55. The Balaban J connectivity index is 2.55. The minimum atomic E-state index is -0.554. The zero-order valence-corrected chi connectivity index (χ0v) is 14.9. The van der Waals surface area contributed by atoms with Crippen LogP contribution in [0, 0.1) is 0 Å². The van der Waals surface area contributed by atoms with Gasteiger partial charge in [-0.2, -0.15) is 0 Å². The highest BCUT2D eigenvalue weighted by Gasteiger charge is 2.19. The molecule has 0 saturated heterocycles. The SMILES string of the molecule is COc1ccc(SCC(NC(C)=O)C(=O)NCCN(C)C)cc1. The van der Waals surface area contributed by atoms with Crippen LogP contribution < -0.4 is 15.4 Å². The van der Waals surface area contributed by atoms with Gasteiger partial charge in [-0.05, 0) is 38.4 Å². The zero-order chi connectivity index (χ0) is 17.2. The number of nitrogens with one attached hydrogen (secondary N) is 2. The average molecular weight is 339 g/mol. The van der Waals surface area contributed by atoms with Gasteiger partial charge in [0, 0.05) is 30.7 Å². The summed E-state index contributed by atoms with van der Waals surface area (Å²) < 4.78 is 5.11. The van der Waals surface area contributed by atoms with Gasteiger partial charge in [0.15, 0.2) is 0 Å². The lowest BCUT2D eigenvalue weighted by molar-refractivity contribution is -0.127. The van der Waals surface area contributed by atoms with Crippen LogP contribution in [0.1, 0.15) is 6.92 Å². The molecular weight excluding hydrogens is 314 g/mol. The molecule has 1 atom stereocenters. The third-order valence-corrected chi connectivity index (χ3v) is 4.13. The van der Waals surface area contributed by atoms with E-state index in [1.54, 1.807) is 7.11 Å². The summed E-state index contributed by atoms with van der Waals surface area (Å²) in [7, 11) is 5.50. The monoisotopic (exact) mass is 339 g/mol. The van der Waals surface area contributed by atoms with Crippen LogP contribution in [0.4, 0.5) is 0 Å². The van der Waals surface area contributed by atoms with Crippen molar-refractivity contribution in [2.45, 2.75) is 17.9 Å². The van der Waals surface area contributed by atoms with Crippen molar-refractivity contribution in [1.29, 1.82) is 0 Å². The fourth-order valence-electron chi connectivity index (χ4n) is 1.81. The molecule has 23 heavy (non-hydrogen) atoms. The van der Waals surface area contributed by atoms with E-state index in [1.807, 2.05) is 43.3 Å². The van der Waals surface area contributed by atoms with E-state index in [1.165, 1.54) is 18.7 Å². The normalized spacial score (nSPS) is 11.9. The Labute approximate surface area is 142 Å². The van der Waals surface area contributed by atoms with Gasteiger partial charge in [0.1, 0.15) is 11.8 Å². The summed E-state index contributed by atoms with van der Waals surface area (Å²) in [6, 6.07) is 7.04. The number of amides is 2. The maximum absolute atomic E-state index is 12.2. The Kier molecular flexibility index (Phi) is 8.50. The topological polar surface area (TPSA) is 70.7 Å². The summed E-state index contributed by atoms with van der Waals surface area (Å²) in [4.78, 5) is 26.5. The number of thioether (sulfide) groups is 1. The van der Waals surface area contributed by atoms with E-state index in [-0.39, 0.29) is 11.8 Å². The molecule has 0 saturated carbocycles. The molecule has 6 nitrogen and oxygen atoms in total. The Hall–Kier alpha value is -1.73. The first-order valence-corrected chi connectivity index (χ1v) is 8.37. The number of nitrogens with zero attached hydrogens (tertiary/aromatic N) is 1. The second-order valence-electron chi connectivity index (χ2n) is 5.33. The van der Waals surface area contributed by atoms with Crippen molar-refractivity contribution in [3.05, 3.63) is 24.3 Å². The molecule has 1 aromatic rings. The first-order valence-electron chi connectivity index (χ1n) is 7.38. The molecule has 0 heterocycles. The minimum absolute atomic E-state index is 0.164. The number of benzene rings is 1. The molecule has 1 unspecified atom stereocenters. The zero-order valence-electron chi connectivity index (χ0n) is 14.1. The van der Waals surface area contributed by atoms with Gasteiger partial charge in [0.05, 0.1) is 7.11 Å². The van der Waals surface area contributed by atoms with Gasteiger partial charge in [0.2, 0.25) is 11.8 Å². The van der Waals surface area contributed by atoms with Crippen molar-refractivity contribution in [2.24, 2.45) is 0 Å². The molecule has 0 radical (unpaired) electrons. The number of carbonyl (C=O) groups excluding carboxylic acids is 2. The third kappa shape index (κ3) is 7.90. The molecule has 7 heteroatoms. The molecule has 0 aromatic heterocycles. The fourth-order valence-corrected chi connectivity index (χ4v) is 2.73. The number of hydrogen-bond acceptors (Lipinski definition) is 5. The van der Waals surface area contributed by atoms with Gasteiger partial charge in [-0.3, -0.25) is 9.59 Å². The van der Waals surface area contributed by atoms with E-state index >= 15 is 0 Å². The van der Waals surface area contributed by atoms with Crippen LogP contribution in [0.15, 0.2) is 29.2 Å². The number of methoxy groups -OCH3 is 1. The standard InChI is InChI=1S/C16H25N3O3S/c1-12(20)18-15(16(21)17-9-10-19(2)3)11-23-14-7-5-13(22-4)6-8-14/h5-8,15H,9-11H2,1-4H3,(H,17,21)(H,18,20). The number of ether oxygens (including phenoxy) is 1. The molecule has 2 amide bonds. The molecule has 0 aliphatic carbocycles. The maximum Gasteiger partial charge on any atom is 0.243 e. The van der Waals surface area contributed by atoms with Gasteiger partial charge >= 0.3 is 0 Å². The molecule has 0 spiro atoms. The second-order valence-corrected chi connectivity index (χ2v) is 6.43. The Morgan fingerprint density at radius 3 is 2.43 bits per heavy atom. The lowest BCUT2D eigenvalue weighted by atomic mass is 10.3. The Bertz CT molecular complexity index is 506. The van der Waals surface area contributed by atoms with Crippen molar-refractivity contribution in [1.82, 2.24) is 15.5 Å². The molecule has 0 aliphatic rings. The predicted molar refractivity (Wildman–Crippen MR) is 92.9 cm³/mol. The summed E-state index contributed by atoms with van der Waals surface area (Å²) in [6.45, 7) is 2.72. The number of carbonyl (C=O) groups is 2. The molecule has 2 N–H and O–H groups in total. The summed E-state index contributed by atoms with van der Waals surface area (Å²) in [5.74, 6) is 0.880. The molecular formula is C16H25N3O3S. The van der Waals surface area contributed by atoms with Crippen LogP contribution in [-0.4, -0.2) is 62.8 Å². The minimum Gasteiger partial charge on any atom is -0.497 e. The van der Waals surface area contributed by atoms with Crippen molar-refractivity contribution in [3.63, 3.8) is 0 Å². The maximum atomic E-state index is 12.2. The number of likely N-dealkylation sites (N-methyl/N-ethyl adjacent to an activating group) is 1. The molecule has 0 bridgehead atoms. The van der Waals surface area contributed by atoms with E-state index in [9.17, 15) is 9.59 Å². The van der Waals surface area contributed by atoms with Crippen molar-refractivity contribution in [3.8, 4) is 5.75 Å². The van der Waals surface area contributed by atoms with E-state index in [4.69, 9.17) is 4.74 Å². The Morgan fingerprint density at radius 2 is 1.91 bits per heavy atom. The molecule has 0 fully saturated rings. The van der Waals surface area contributed by atoms with Crippen LogP contribution in [0.3, 0.4) is 0 Å². The van der Waals surface area contributed by atoms with Gasteiger partial charge in [-0.25, -0.2) is 0 Å². The lowest BCUT2D eigenvalue weighted by Gasteiger charge is -2.18. The number of hydrogen-bond donors (Lipinski definition) is 2. The van der Waals surface area contributed by atoms with Crippen molar-refractivity contribution in [2.75, 3.05) is 40.0 Å². The van der Waals surface area contributed by atoms with Crippen LogP contribution in [0.25, 0.3) is 0 Å². The quantitative estimate of drug-likeness (QED) is 0.656. The predicted octanol–water partition coefficient (Wildman–Crippen LogP) is 0.970. The highest BCUT2D eigenvalue weighted by Crippen LogP contribution is 2.21. The first kappa shape index (κ1) is 19.3. The van der Waals surface area contributed by atoms with E-state index in [0.29, 0.717) is 12.3 Å². The highest BCUT2D eigenvalue weighted by molar-refractivity contribution is 7.99. The van der Waals surface area contributed by atoms with Gasteiger partial charge < -0.3 is 20.3 Å². The lowest BCUT2D eigenvalue weighted by Crippen LogP contribution is -2.48. The molecule has 1 rings (SSSR count). The third-order valence-electron chi connectivity index (χ3n) is 3.03. The molecule has 1 aromatic carbocycles. The van der Waals surface area contributed by atoms with E-state index in [0.717, 1.165) is 17.2 Å². The second kappa shape index (κ2) is 10.1. The van der Waals surface area contributed by atoms with E-state index < -0.39 is 6.04 Å². The summed E-state index contributed by atoms with van der Waals surface area (Å²) in [5.41, 5.74) is 0. The van der Waals surface area contributed by atoms with Crippen LogP contribution in [0.5, 0.6) is 5.75 Å². The fraction of sp³-hybridized carbons (Fsp3) is 0.500.